The molecule has 0 aromatic heterocycles. The molecule has 1 aromatic carbocycles. The second-order valence-corrected chi connectivity index (χ2v) is 4.66. The molecule has 0 spiro atoms. The zero-order valence-corrected chi connectivity index (χ0v) is 10.7. The molecule has 1 heterocycles. The highest BCUT2D eigenvalue weighted by Gasteiger charge is 2.27. The van der Waals surface area contributed by atoms with E-state index in [1.807, 2.05) is 0 Å². The number of primary amides is 1. The summed E-state index contributed by atoms with van der Waals surface area (Å²) in [5.41, 5.74) is 5.72. The fraction of sp³-hybridized carbons (Fsp3) is 0.250. The van der Waals surface area contributed by atoms with Crippen LogP contribution in [0.15, 0.2) is 18.2 Å². The zero-order chi connectivity index (χ0) is 14.0. The van der Waals surface area contributed by atoms with E-state index in [1.165, 1.54) is 12.1 Å². The standard InChI is InChI=1S/C12H12ClN3O3/c13-9-2-1-7(4-8(9)11(14)18)16-12(19)6-3-10(17)15-5-6/h1-2,4,6H,3,5H2,(H2,14,18)(H,15,17)(H,16,19). The lowest BCUT2D eigenvalue weighted by Crippen LogP contribution is -2.25. The highest BCUT2D eigenvalue weighted by Crippen LogP contribution is 2.21. The first kappa shape index (κ1) is 13.4. The summed E-state index contributed by atoms with van der Waals surface area (Å²) in [6.45, 7) is 0.320. The number of halogens is 1. The molecule has 0 aliphatic carbocycles. The van der Waals surface area contributed by atoms with Crippen LogP contribution in [0.5, 0.6) is 0 Å². The van der Waals surface area contributed by atoms with Crippen molar-refractivity contribution in [1.29, 1.82) is 0 Å². The van der Waals surface area contributed by atoms with Crippen LogP contribution in [0.1, 0.15) is 16.8 Å². The van der Waals surface area contributed by atoms with Crippen LogP contribution < -0.4 is 16.4 Å². The number of benzene rings is 1. The summed E-state index contributed by atoms with van der Waals surface area (Å²) >= 11 is 5.81. The first-order valence-corrected chi connectivity index (χ1v) is 6.02. The Hall–Kier alpha value is -2.08. The van der Waals surface area contributed by atoms with Crippen LogP contribution >= 0.6 is 11.6 Å². The van der Waals surface area contributed by atoms with Crippen LogP contribution in [0.25, 0.3) is 0 Å². The molecule has 1 saturated heterocycles. The van der Waals surface area contributed by atoms with Gasteiger partial charge in [-0.25, -0.2) is 0 Å². The van der Waals surface area contributed by atoms with Gasteiger partial charge in [-0.3, -0.25) is 14.4 Å². The lowest BCUT2D eigenvalue weighted by Gasteiger charge is -2.10. The average molecular weight is 282 g/mol. The zero-order valence-electron chi connectivity index (χ0n) is 9.90. The molecule has 1 fully saturated rings. The maximum atomic E-state index is 11.9. The first-order chi connectivity index (χ1) is 8.97. The maximum Gasteiger partial charge on any atom is 0.250 e. The third-order valence-corrected chi connectivity index (χ3v) is 3.18. The van der Waals surface area contributed by atoms with E-state index in [-0.39, 0.29) is 28.8 Å². The Bertz CT molecular complexity index is 559. The van der Waals surface area contributed by atoms with Crippen LogP contribution in [0.4, 0.5) is 5.69 Å². The second kappa shape index (κ2) is 5.27. The van der Waals surface area contributed by atoms with Crippen LogP contribution in [0.2, 0.25) is 5.02 Å². The summed E-state index contributed by atoms with van der Waals surface area (Å²) in [7, 11) is 0. The average Bonchev–Trinajstić information content (AvgIpc) is 2.78. The van der Waals surface area contributed by atoms with Gasteiger partial charge in [-0.1, -0.05) is 11.6 Å². The maximum absolute atomic E-state index is 11.9. The summed E-state index contributed by atoms with van der Waals surface area (Å²) in [6.07, 6.45) is 0.169. The van der Waals surface area contributed by atoms with Gasteiger partial charge in [0.25, 0.3) is 0 Å². The number of nitrogens with one attached hydrogen (secondary N) is 2. The van der Waals surface area contributed by atoms with E-state index in [0.717, 1.165) is 0 Å². The van der Waals surface area contributed by atoms with Crippen LogP contribution in [-0.4, -0.2) is 24.3 Å². The Balaban J connectivity index is 2.11. The lowest BCUT2D eigenvalue weighted by atomic mass is 10.1. The van der Waals surface area contributed by atoms with Crippen molar-refractivity contribution >= 4 is 35.0 Å². The predicted molar refractivity (Wildman–Crippen MR) is 69.7 cm³/mol. The first-order valence-electron chi connectivity index (χ1n) is 5.64. The topological polar surface area (TPSA) is 101 Å². The summed E-state index contributed by atoms with van der Waals surface area (Å²) in [5.74, 6) is -1.50. The molecule has 0 bridgehead atoms. The lowest BCUT2D eigenvalue weighted by molar-refractivity contribution is -0.123. The number of amides is 3. The van der Waals surface area contributed by atoms with Gasteiger partial charge in [-0.2, -0.15) is 0 Å². The molecular formula is C12H12ClN3O3. The van der Waals surface area contributed by atoms with Crippen molar-refractivity contribution in [2.24, 2.45) is 11.7 Å². The van der Waals surface area contributed by atoms with E-state index in [9.17, 15) is 14.4 Å². The molecular weight excluding hydrogens is 270 g/mol. The number of nitrogens with two attached hydrogens (primary N) is 1. The van der Waals surface area contributed by atoms with E-state index < -0.39 is 11.8 Å². The smallest absolute Gasteiger partial charge is 0.250 e. The van der Waals surface area contributed by atoms with Gasteiger partial charge in [0.05, 0.1) is 16.5 Å². The Morgan fingerprint density at radius 1 is 1.42 bits per heavy atom. The summed E-state index contributed by atoms with van der Waals surface area (Å²) in [5, 5.41) is 5.43. The minimum atomic E-state index is -0.668. The molecule has 6 nitrogen and oxygen atoms in total. The highest BCUT2D eigenvalue weighted by molar-refractivity contribution is 6.34. The van der Waals surface area contributed by atoms with Crippen molar-refractivity contribution in [2.45, 2.75) is 6.42 Å². The quantitative estimate of drug-likeness (QED) is 0.752. The highest BCUT2D eigenvalue weighted by atomic mass is 35.5. The number of carbonyl (C=O) groups excluding carboxylic acids is 3. The molecule has 2 rings (SSSR count). The summed E-state index contributed by atoms with van der Waals surface area (Å²) in [6, 6.07) is 4.46. The van der Waals surface area contributed by atoms with Crippen molar-refractivity contribution in [1.82, 2.24) is 5.32 Å². The Morgan fingerprint density at radius 2 is 2.16 bits per heavy atom. The number of hydrogen-bond acceptors (Lipinski definition) is 3. The molecule has 0 saturated carbocycles. The normalized spacial score (nSPS) is 17.9. The van der Waals surface area contributed by atoms with Gasteiger partial charge in [0.15, 0.2) is 0 Å². The van der Waals surface area contributed by atoms with Gasteiger partial charge in [0.2, 0.25) is 17.7 Å². The minimum Gasteiger partial charge on any atom is -0.366 e. The Morgan fingerprint density at radius 3 is 2.74 bits per heavy atom. The van der Waals surface area contributed by atoms with Crippen LogP contribution in [-0.2, 0) is 9.59 Å². The van der Waals surface area contributed by atoms with Crippen molar-refractivity contribution in [3.63, 3.8) is 0 Å². The predicted octanol–water partition coefficient (Wildman–Crippen LogP) is 0.514. The molecule has 1 aliphatic heterocycles. The third-order valence-electron chi connectivity index (χ3n) is 2.85. The number of hydrogen-bond donors (Lipinski definition) is 3. The number of rotatable bonds is 3. The van der Waals surface area contributed by atoms with Crippen molar-refractivity contribution in [2.75, 3.05) is 11.9 Å². The Kier molecular flexibility index (Phi) is 3.71. The van der Waals surface area contributed by atoms with Gasteiger partial charge in [-0.05, 0) is 18.2 Å². The van der Waals surface area contributed by atoms with Crippen molar-refractivity contribution in [3.05, 3.63) is 28.8 Å². The van der Waals surface area contributed by atoms with E-state index in [0.29, 0.717) is 12.2 Å². The molecule has 19 heavy (non-hydrogen) atoms. The van der Waals surface area contributed by atoms with E-state index in [4.69, 9.17) is 17.3 Å². The van der Waals surface area contributed by atoms with Gasteiger partial charge in [-0.15, -0.1) is 0 Å². The van der Waals surface area contributed by atoms with E-state index in [1.54, 1.807) is 6.07 Å². The van der Waals surface area contributed by atoms with Crippen molar-refractivity contribution < 1.29 is 14.4 Å². The third kappa shape index (κ3) is 3.03. The SMILES string of the molecule is NC(=O)c1cc(NC(=O)C2CNC(=O)C2)ccc1Cl. The van der Waals surface area contributed by atoms with Crippen LogP contribution in [0.3, 0.4) is 0 Å². The monoisotopic (exact) mass is 281 g/mol. The van der Waals surface area contributed by atoms with Gasteiger partial charge >= 0.3 is 0 Å². The van der Waals surface area contributed by atoms with E-state index >= 15 is 0 Å². The molecule has 7 heteroatoms. The largest absolute Gasteiger partial charge is 0.366 e. The van der Waals surface area contributed by atoms with Gasteiger partial charge in [0, 0.05) is 18.7 Å². The minimum absolute atomic E-state index is 0.139. The van der Waals surface area contributed by atoms with E-state index in [2.05, 4.69) is 10.6 Å². The molecule has 1 atom stereocenters. The van der Waals surface area contributed by atoms with Gasteiger partial charge in [0.1, 0.15) is 0 Å². The molecule has 1 unspecified atom stereocenters. The fourth-order valence-electron chi connectivity index (χ4n) is 1.83. The number of carbonyl (C=O) groups is 3. The molecule has 0 radical (unpaired) electrons. The van der Waals surface area contributed by atoms with Crippen LogP contribution in [0, 0.1) is 5.92 Å². The van der Waals surface area contributed by atoms with Crippen molar-refractivity contribution in [3.8, 4) is 0 Å². The summed E-state index contributed by atoms with van der Waals surface area (Å²) in [4.78, 5) is 34.0. The van der Waals surface area contributed by atoms with Gasteiger partial charge < -0.3 is 16.4 Å². The second-order valence-electron chi connectivity index (χ2n) is 4.25. The summed E-state index contributed by atoms with van der Waals surface area (Å²) < 4.78 is 0. The Labute approximate surface area is 114 Å². The molecule has 1 aromatic rings. The molecule has 4 N–H and O–H groups in total. The number of anilines is 1. The molecule has 100 valence electrons. The molecule has 3 amide bonds. The fourth-order valence-corrected chi connectivity index (χ4v) is 2.04. The molecule has 1 aliphatic rings.